The minimum absolute atomic E-state index is 0.190. The van der Waals surface area contributed by atoms with E-state index in [-0.39, 0.29) is 5.91 Å². The summed E-state index contributed by atoms with van der Waals surface area (Å²) in [6.45, 7) is 2.21. The highest BCUT2D eigenvalue weighted by Gasteiger charge is 2.16. The zero-order valence-corrected chi connectivity index (χ0v) is 16.9. The van der Waals surface area contributed by atoms with Crippen LogP contribution in [-0.4, -0.2) is 40.1 Å². The number of rotatable bonds is 6. The summed E-state index contributed by atoms with van der Waals surface area (Å²) in [4.78, 5) is 17.3. The minimum Gasteiger partial charge on any atom is -0.497 e. The summed E-state index contributed by atoms with van der Waals surface area (Å²) in [6, 6.07) is 14.6. The van der Waals surface area contributed by atoms with Gasteiger partial charge in [0, 0.05) is 29.9 Å². The molecule has 0 saturated heterocycles. The molecule has 0 saturated carbocycles. The van der Waals surface area contributed by atoms with Crippen molar-refractivity contribution in [2.75, 3.05) is 14.2 Å². The molecule has 2 aromatic carbocycles. The predicted octanol–water partition coefficient (Wildman–Crippen LogP) is 3.07. The largest absolute Gasteiger partial charge is 0.497 e. The van der Waals surface area contributed by atoms with Gasteiger partial charge < -0.3 is 14.8 Å². The van der Waals surface area contributed by atoms with E-state index in [1.54, 1.807) is 37.2 Å². The van der Waals surface area contributed by atoms with Gasteiger partial charge in [-0.2, -0.15) is 4.68 Å². The maximum Gasteiger partial charge on any atom is 0.251 e. The van der Waals surface area contributed by atoms with E-state index in [4.69, 9.17) is 9.47 Å². The van der Waals surface area contributed by atoms with Crippen LogP contribution >= 0.6 is 0 Å². The van der Waals surface area contributed by atoms with Crippen LogP contribution < -0.4 is 14.8 Å². The third-order valence-electron chi connectivity index (χ3n) is 4.92. The fourth-order valence-corrected chi connectivity index (χ4v) is 3.29. The number of amides is 1. The maximum absolute atomic E-state index is 12.9. The van der Waals surface area contributed by atoms with Crippen molar-refractivity contribution in [3.8, 4) is 17.2 Å². The second-order valence-electron chi connectivity index (χ2n) is 6.66. The fraction of sp³-hybridized carbons (Fsp3) is 0.182. The van der Waals surface area contributed by atoms with E-state index in [0.29, 0.717) is 34.8 Å². The van der Waals surface area contributed by atoms with Crippen molar-refractivity contribution >= 4 is 17.1 Å². The Hall–Kier alpha value is -3.94. The van der Waals surface area contributed by atoms with Crippen LogP contribution in [0.4, 0.5) is 0 Å². The molecule has 0 unspecified atom stereocenters. The number of nitrogens with zero attached hydrogens (tertiary/aromatic N) is 4. The van der Waals surface area contributed by atoms with E-state index < -0.39 is 0 Å². The van der Waals surface area contributed by atoms with Crippen LogP contribution in [0.2, 0.25) is 0 Å². The zero-order chi connectivity index (χ0) is 21.1. The Morgan fingerprint density at radius 2 is 1.97 bits per heavy atom. The van der Waals surface area contributed by atoms with E-state index in [1.165, 1.54) is 0 Å². The standard InChI is InChI=1S/C22H21N5O3/c1-14-17(22(28)24-13-15-9-10-16(29-2)12-20(15)30-3)6-4-8-19(14)27-21-18(25-26-27)7-5-11-23-21/h4-12H,13H2,1-3H3,(H,24,28). The summed E-state index contributed by atoms with van der Waals surface area (Å²) in [5, 5.41) is 11.3. The van der Waals surface area contributed by atoms with Gasteiger partial charge in [-0.1, -0.05) is 11.3 Å². The van der Waals surface area contributed by atoms with Crippen LogP contribution in [0.1, 0.15) is 21.5 Å². The SMILES string of the molecule is COc1ccc(CNC(=O)c2cccc(-n3nnc4cccnc43)c2C)c(OC)c1. The molecule has 0 bridgehead atoms. The van der Waals surface area contributed by atoms with Gasteiger partial charge in [0.2, 0.25) is 0 Å². The molecule has 0 fully saturated rings. The van der Waals surface area contributed by atoms with Gasteiger partial charge in [0.25, 0.3) is 5.91 Å². The van der Waals surface area contributed by atoms with E-state index in [1.807, 2.05) is 43.3 Å². The Bertz CT molecular complexity index is 1220. The summed E-state index contributed by atoms with van der Waals surface area (Å²) in [5.41, 5.74) is 4.28. The molecule has 30 heavy (non-hydrogen) atoms. The predicted molar refractivity (Wildman–Crippen MR) is 112 cm³/mol. The number of carbonyl (C=O) groups is 1. The van der Waals surface area contributed by atoms with E-state index >= 15 is 0 Å². The van der Waals surface area contributed by atoms with Gasteiger partial charge in [-0.15, -0.1) is 5.10 Å². The summed E-state index contributed by atoms with van der Waals surface area (Å²) in [7, 11) is 3.18. The number of carbonyl (C=O) groups excluding carboxylic acids is 1. The van der Waals surface area contributed by atoms with Crippen LogP contribution in [0.3, 0.4) is 0 Å². The van der Waals surface area contributed by atoms with E-state index in [0.717, 1.165) is 16.8 Å². The molecule has 8 heteroatoms. The molecular formula is C22H21N5O3. The first-order valence-corrected chi connectivity index (χ1v) is 9.38. The van der Waals surface area contributed by atoms with Gasteiger partial charge >= 0.3 is 0 Å². The average molecular weight is 403 g/mol. The molecular weight excluding hydrogens is 382 g/mol. The van der Waals surface area contributed by atoms with Crippen molar-refractivity contribution in [2.45, 2.75) is 13.5 Å². The monoisotopic (exact) mass is 403 g/mol. The molecule has 1 amide bonds. The zero-order valence-electron chi connectivity index (χ0n) is 16.9. The number of benzene rings is 2. The number of hydrogen-bond donors (Lipinski definition) is 1. The summed E-state index contributed by atoms with van der Waals surface area (Å²) in [6.07, 6.45) is 1.69. The Balaban J connectivity index is 1.59. The Morgan fingerprint density at radius 3 is 2.77 bits per heavy atom. The van der Waals surface area contributed by atoms with Crippen molar-refractivity contribution in [3.63, 3.8) is 0 Å². The lowest BCUT2D eigenvalue weighted by molar-refractivity contribution is 0.0950. The highest BCUT2D eigenvalue weighted by Crippen LogP contribution is 2.25. The van der Waals surface area contributed by atoms with E-state index in [9.17, 15) is 4.79 Å². The van der Waals surface area contributed by atoms with Crippen molar-refractivity contribution in [1.29, 1.82) is 0 Å². The van der Waals surface area contributed by atoms with Gasteiger partial charge in [0.15, 0.2) is 5.65 Å². The first-order chi connectivity index (χ1) is 14.6. The summed E-state index contributed by atoms with van der Waals surface area (Å²) in [5.74, 6) is 1.16. The molecule has 2 aromatic heterocycles. The lowest BCUT2D eigenvalue weighted by atomic mass is 10.1. The third-order valence-corrected chi connectivity index (χ3v) is 4.92. The molecule has 8 nitrogen and oxygen atoms in total. The quantitative estimate of drug-likeness (QED) is 0.532. The fourth-order valence-electron chi connectivity index (χ4n) is 3.29. The average Bonchev–Trinajstić information content (AvgIpc) is 3.21. The molecule has 0 radical (unpaired) electrons. The van der Waals surface area contributed by atoms with Crippen molar-refractivity contribution in [3.05, 3.63) is 71.4 Å². The molecule has 0 atom stereocenters. The van der Waals surface area contributed by atoms with Crippen molar-refractivity contribution < 1.29 is 14.3 Å². The van der Waals surface area contributed by atoms with Gasteiger partial charge in [-0.25, -0.2) is 4.98 Å². The first kappa shape index (κ1) is 19.4. The topological polar surface area (TPSA) is 91.2 Å². The van der Waals surface area contributed by atoms with Gasteiger partial charge in [-0.05, 0) is 48.9 Å². The Labute approximate surface area is 173 Å². The number of ether oxygens (including phenoxy) is 2. The van der Waals surface area contributed by atoms with Gasteiger partial charge in [0.05, 0.1) is 19.9 Å². The van der Waals surface area contributed by atoms with Gasteiger partial charge in [-0.3, -0.25) is 4.79 Å². The molecule has 2 heterocycles. The highest BCUT2D eigenvalue weighted by molar-refractivity contribution is 5.96. The number of pyridine rings is 1. The number of aromatic nitrogens is 4. The maximum atomic E-state index is 12.9. The van der Waals surface area contributed by atoms with Crippen LogP contribution in [0.25, 0.3) is 16.9 Å². The minimum atomic E-state index is -0.190. The molecule has 0 spiro atoms. The number of nitrogens with one attached hydrogen (secondary N) is 1. The summed E-state index contributed by atoms with van der Waals surface area (Å²) < 4.78 is 12.3. The molecule has 4 rings (SSSR count). The van der Waals surface area contributed by atoms with Crippen molar-refractivity contribution in [2.24, 2.45) is 0 Å². The molecule has 1 N–H and O–H groups in total. The first-order valence-electron chi connectivity index (χ1n) is 9.38. The van der Waals surface area contributed by atoms with Crippen molar-refractivity contribution in [1.82, 2.24) is 25.3 Å². The van der Waals surface area contributed by atoms with Crippen LogP contribution in [-0.2, 0) is 6.54 Å². The number of methoxy groups -OCH3 is 2. The highest BCUT2D eigenvalue weighted by atomic mass is 16.5. The lowest BCUT2D eigenvalue weighted by Gasteiger charge is -2.13. The van der Waals surface area contributed by atoms with Crippen LogP contribution in [0.5, 0.6) is 11.5 Å². The van der Waals surface area contributed by atoms with E-state index in [2.05, 4.69) is 20.6 Å². The molecule has 0 aliphatic carbocycles. The molecule has 0 aliphatic rings. The molecule has 4 aromatic rings. The number of fused-ring (bicyclic) bond motifs is 1. The Morgan fingerprint density at radius 1 is 1.10 bits per heavy atom. The summed E-state index contributed by atoms with van der Waals surface area (Å²) >= 11 is 0. The lowest BCUT2D eigenvalue weighted by Crippen LogP contribution is -2.24. The normalized spacial score (nSPS) is 10.8. The molecule has 152 valence electrons. The van der Waals surface area contributed by atoms with Crippen LogP contribution in [0.15, 0.2) is 54.7 Å². The molecule has 0 aliphatic heterocycles. The second-order valence-corrected chi connectivity index (χ2v) is 6.66. The third kappa shape index (κ3) is 3.55. The van der Waals surface area contributed by atoms with Gasteiger partial charge in [0.1, 0.15) is 17.0 Å². The van der Waals surface area contributed by atoms with Crippen LogP contribution in [0, 0.1) is 6.92 Å². The smallest absolute Gasteiger partial charge is 0.251 e. The second kappa shape index (κ2) is 8.20. The number of hydrogen-bond acceptors (Lipinski definition) is 6. The Kier molecular flexibility index (Phi) is 5.30.